The van der Waals surface area contributed by atoms with Crippen LogP contribution in [0.1, 0.15) is 28.3 Å². The summed E-state index contributed by atoms with van der Waals surface area (Å²) in [5, 5.41) is 3.46. The number of nitrogens with zero attached hydrogens (tertiary/aromatic N) is 2. The van der Waals surface area contributed by atoms with Crippen LogP contribution in [0.3, 0.4) is 0 Å². The van der Waals surface area contributed by atoms with Gasteiger partial charge in [-0.3, -0.25) is 4.90 Å². The van der Waals surface area contributed by atoms with E-state index in [1.807, 2.05) is 0 Å². The first-order chi connectivity index (χ1) is 9.49. The van der Waals surface area contributed by atoms with Crippen molar-refractivity contribution in [2.24, 2.45) is 0 Å². The summed E-state index contributed by atoms with van der Waals surface area (Å²) in [6.07, 6.45) is 0. The largest absolute Gasteiger partial charge is 0.314 e. The van der Waals surface area contributed by atoms with Crippen LogP contribution < -0.4 is 5.32 Å². The maximum absolute atomic E-state index is 3.46. The molecule has 3 nitrogen and oxygen atoms in total. The molecule has 0 aliphatic carbocycles. The van der Waals surface area contributed by atoms with Gasteiger partial charge in [-0.05, 0) is 51.6 Å². The SMILES string of the molecule is Cc1cc(C)c(C(CN(C)C)N2CCNCC2)c(C)c1. The van der Waals surface area contributed by atoms with Gasteiger partial charge in [0.15, 0.2) is 0 Å². The van der Waals surface area contributed by atoms with Gasteiger partial charge in [-0.1, -0.05) is 17.7 Å². The highest BCUT2D eigenvalue weighted by atomic mass is 15.2. The molecule has 1 heterocycles. The van der Waals surface area contributed by atoms with Crippen LogP contribution in [-0.4, -0.2) is 56.6 Å². The van der Waals surface area contributed by atoms with Crippen molar-refractivity contribution in [3.63, 3.8) is 0 Å². The van der Waals surface area contributed by atoms with E-state index in [0.717, 1.165) is 32.7 Å². The molecule has 0 radical (unpaired) electrons. The van der Waals surface area contributed by atoms with Crippen LogP contribution in [0.5, 0.6) is 0 Å². The van der Waals surface area contributed by atoms with E-state index in [4.69, 9.17) is 0 Å². The van der Waals surface area contributed by atoms with E-state index >= 15 is 0 Å². The van der Waals surface area contributed by atoms with E-state index in [-0.39, 0.29) is 0 Å². The van der Waals surface area contributed by atoms with Gasteiger partial charge in [-0.15, -0.1) is 0 Å². The molecule has 0 spiro atoms. The molecule has 1 N–H and O–H groups in total. The first kappa shape index (κ1) is 15.5. The zero-order chi connectivity index (χ0) is 14.7. The number of benzene rings is 1. The van der Waals surface area contributed by atoms with Crippen molar-refractivity contribution in [2.45, 2.75) is 26.8 Å². The third-order valence-electron chi connectivity index (χ3n) is 4.20. The minimum atomic E-state index is 0.507. The van der Waals surface area contributed by atoms with Gasteiger partial charge in [0.25, 0.3) is 0 Å². The maximum Gasteiger partial charge on any atom is 0.0481 e. The molecule has 1 aliphatic rings. The lowest BCUT2D eigenvalue weighted by Crippen LogP contribution is -2.47. The van der Waals surface area contributed by atoms with E-state index in [2.05, 4.69) is 62.1 Å². The fourth-order valence-electron chi connectivity index (χ4n) is 3.45. The Hall–Kier alpha value is -0.900. The summed E-state index contributed by atoms with van der Waals surface area (Å²) >= 11 is 0. The van der Waals surface area contributed by atoms with Gasteiger partial charge in [0.2, 0.25) is 0 Å². The van der Waals surface area contributed by atoms with E-state index < -0.39 is 0 Å². The number of rotatable bonds is 4. The Bertz CT molecular complexity index is 425. The summed E-state index contributed by atoms with van der Waals surface area (Å²) in [5.74, 6) is 0. The molecule has 0 aromatic heterocycles. The lowest BCUT2D eigenvalue weighted by Gasteiger charge is -2.38. The smallest absolute Gasteiger partial charge is 0.0481 e. The van der Waals surface area contributed by atoms with Gasteiger partial charge in [-0.2, -0.15) is 0 Å². The summed E-state index contributed by atoms with van der Waals surface area (Å²) < 4.78 is 0. The van der Waals surface area contributed by atoms with E-state index in [1.54, 1.807) is 0 Å². The predicted octanol–water partition coefficient (Wildman–Crippen LogP) is 2.12. The van der Waals surface area contributed by atoms with Crippen LogP contribution in [0.25, 0.3) is 0 Å². The molecule has 1 aliphatic heterocycles. The third kappa shape index (κ3) is 3.60. The van der Waals surface area contributed by atoms with Crippen molar-refractivity contribution < 1.29 is 0 Å². The standard InChI is InChI=1S/C17H29N3/c1-13-10-14(2)17(15(3)11-13)16(12-19(4)5)20-8-6-18-7-9-20/h10-11,16,18H,6-9,12H2,1-5H3. The van der Waals surface area contributed by atoms with Crippen LogP contribution in [-0.2, 0) is 0 Å². The zero-order valence-electron chi connectivity index (χ0n) is 13.7. The van der Waals surface area contributed by atoms with Gasteiger partial charge < -0.3 is 10.2 Å². The van der Waals surface area contributed by atoms with Crippen LogP contribution in [0, 0.1) is 20.8 Å². The second-order valence-electron chi connectivity index (χ2n) is 6.38. The van der Waals surface area contributed by atoms with Crippen LogP contribution >= 0.6 is 0 Å². The average Bonchev–Trinajstić information content (AvgIpc) is 2.37. The Kier molecular flexibility index (Phi) is 5.19. The Labute approximate surface area is 124 Å². The summed E-state index contributed by atoms with van der Waals surface area (Å²) in [5.41, 5.74) is 5.78. The molecule has 1 aromatic carbocycles. The topological polar surface area (TPSA) is 18.5 Å². The molecule has 1 fully saturated rings. The normalized spacial score (nSPS) is 18.5. The fraction of sp³-hybridized carbons (Fsp3) is 0.647. The van der Waals surface area contributed by atoms with Gasteiger partial charge >= 0.3 is 0 Å². The summed E-state index contributed by atoms with van der Waals surface area (Å²) in [6.45, 7) is 12.3. The first-order valence-corrected chi connectivity index (χ1v) is 7.66. The summed E-state index contributed by atoms with van der Waals surface area (Å²) in [7, 11) is 4.35. The summed E-state index contributed by atoms with van der Waals surface area (Å²) in [6, 6.07) is 5.16. The first-order valence-electron chi connectivity index (χ1n) is 7.66. The molecule has 3 heteroatoms. The second kappa shape index (κ2) is 6.70. The molecule has 20 heavy (non-hydrogen) atoms. The monoisotopic (exact) mass is 275 g/mol. The van der Waals surface area contributed by atoms with Crippen molar-refractivity contribution in [3.05, 3.63) is 34.4 Å². The minimum absolute atomic E-state index is 0.507. The maximum atomic E-state index is 3.46. The van der Waals surface area contributed by atoms with Crippen molar-refractivity contribution in [1.29, 1.82) is 0 Å². The van der Waals surface area contributed by atoms with Crippen molar-refractivity contribution in [3.8, 4) is 0 Å². The lowest BCUT2D eigenvalue weighted by atomic mass is 9.92. The highest BCUT2D eigenvalue weighted by molar-refractivity contribution is 5.40. The van der Waals surface area contributed by atoms with Gasteiger partial charge in [0, 0.05) is 38.8 Å². The molecule has 112 valence electrons. The highest BCUT2D eigenvalue weighted by Gasteiger charge is 2.25. The number of likely N-dealkylation sites (N-methyl/N-ethyl adjacent to an activating group) is 1. The molecule has 0 bridgehead atoms. The number of hydrogen-bond acceptors (Lipinski definition) is 3. The number of nitrogens with one attached hydrogen (secondary N) is 1. The van der Waals surface area contributed by atoms with Crippen molar-refractivity contribution in [1.82, 2.24) is 15.1 Å². The molecule has 1 atom stereocenters. The Balaban J connectivity index is 2.35. The highest BCUT2D eigenvalue weighted by Crippen LogP contribution is 2.29. The third-order valence-corrected chi connectivity index (χ3v) is 4.20. The molecule has 0 amide bonds. The molecule has 0 saturated carbocycles. The molecular formula is C17H29N3. The Morgan fingerprint density at radius 3 is 2.15 bits per heavy atom. The van der Waals surface area contributed by atoms with Gasteiger partial charge in [0.1, 0.15) is 0 Å². The van der Waals surface area contributed by atoms with Crippen LogP contribution in [0.15, 0.2) is 12.1 Å². The van der Waals surface area contributed by atoms with E-state index in [0.29, 0.717) is 6.04 Å². The molecular weight excluding hydrogens is 246 g/mol. The number of hydrogen-bond donors (Lipinski definition) is 1. The second-order valence-corrected chi connectivity index (χ2v) is 6.38. The Morgan fingerprint density at radius 2 is 1.65 bits per heavy atom. The number of aryl methyl sites for hydroxylation is 3. The number of piperazine rings is 1. The Morgan fingerprint density at radius 1 is 1.10 bits per heavy atom. The quantitative estimate of drug-likeness (QED) is 0.908. The van der Waals surface area contributed by atoms with Crippen LogP contribution in [0.4, 0.5) is 0 Å². The lowest BCUT2D eigenvalue weighted by molar-refractivity contribution is 0.144. The molecule has 1 unspecified atom stereocenters. The van der Waals surface area contributed by atoms with Gasteiger partial charge in [-0.25, -0.2) is 0 Å². The zero-order valence-corrected chi connectivity index (χ0v) is 13.7. The van der Waals surface area contributed by atoms with Crippen molar-refractivity contribution in [2.75, 3.05) is 46.8 Å². The average molecular weight is 275 g/mol. The van der Waals surface area contributed by atoms with Crippen molar-refractivity contribution >= 4 is 0 Å². The molecule has 2 rings (SSSR count). The predicted molar refractivity (Wildman–Crippen MR) is 86.4 cm³/mol. The molecule has 1 saturated heterocycles. The van der Waals surface area contributed by atoms with E-state index in [1.165, 1.54) is 22.3 Å². The van der Waals surface area contributed by atoms with Gasteiger partial charge in [0.05, 0.1) is 0 Å². The summed E-state index contributed by atoms with van der Waals surface area (Å²) in [4.78, 5) is 4.95. The fourth-order valence-corrected chi connectivity index (χ4v) is 3.45. The minimum Gasteiger partial charge on any atom is -0.314 e. The van der Waals surface area contributed by atoms with Crippen LogP contribution in [0.2, 0.25) is 0 Å². The van der Waals surface area contributed by atoms with E-state index in [9.17, 15) is 0 Å². The molecule has 1 aromatic rings.